The molecule has 1 heterocycles. The molecule has 32 heavy (non-hydrogen) atoms. The summed E-state index contributed by atoms with van der Waals surface area (Å²) in [4.78, 5) is 24.6. The number of rotatable bonds is 8. The summed E-state index contributed by atoms with van der Waals surface area (Å²) in [6.07, 6.45) is 1.36. The SMILES string of the molecule is COc1cccc(CNC(=O)C(=O)NC[C@@H](c2ccco2)S(=O)(=O)c2ccc(C)cc2)c1. The molecule has 0 unspecified atom stereocenters. The van der Waals surface area contributed by atoms with Crippen LogP contribution in [0.4, 0.5) is 0 Å². The van der Waals surface area contributed by atoms with Crippen molar-refractivity contribution in [1.29, 1.82) is 0 Å². The molecule has 0 saturated carbocycles. The van der Waals surface area contributed by atoms with Gasteiger partial charge < -0.3 is 19.8 Å². The van der Waals surface area contributed by atoms with Crippen LogP contribution >= 0.6 is 0 Å². The van der Waals surface area contributed by atoms with Gasteiger partial charge in [0.2, 0.25) is 0 Å². The van der Waals surface area contributed by atoms with E-state index < -0.39 is 26.9 Å². The highest BCUT2D eigenvalue weighted by Crippen LogP contribution is 2.29. The summed E-state index contributed by atoms with van der Waals surface area (Å²) >= 11 is 0. The third-order valence-electron chi connectivity index (χ3n) is 4.83. The molecule has 3 aromatic rings. The molecule has 0 radical (unpaired) electrons. The maximum Gasteiger partial charge on any atom is 0.309 e. The largest absolute Gasteiger partial charge is 0.497 e. The summed E-state index contributed by atoms with van der Waals surface area (Å²) in [6.45, 7) is 1.65. The minimum atomic E-state index is -3.88. The lowest BCUT2D eigenvalue weighted by molar-refractivity contribution is -0.139. The minimum absolute atomic E-state index is 0.0984. The first kappa shape index (κ1) is 23.1. The second-order valence-electron chi connectivity index (χ2n) is 7.11. The molecular formula is C23H24N2O6S. The number of hydrogen-bond acceptors (Lipinski definition) is 6. The van der Waals surface area contributed by atoms with Gasteiger partial charge >= 0.3 is 11.8 Å². The van der Waals surface area contributed by atoms with E-state index in [2.05, 4.69) is 10.6 Å². The number of nitrogens with one attached hydrogen (secondary N) is 2. The summed E-state index contributed by atoms with van der Waals surface area (Å²) < 4.78 is 36.8. The van der Waals surface area contributed by atoms with Crippen molar-refractivity contribution in [2.45, 2.75) is 23.6 Å². The van der Waals surface area contributed by atoms with Crippen LogP contribution in [0.1, 0.15) is 22.1 Å². The number of hydrogen-bond donors (Lipinski definition) is 2. The maximum atomic E-state index is 13.2. The topological polar surface area (TPSA) is 115 Å². The molecule has 2 amide bonds. The Morgan fingerprint density at radius 2 is 1.72 bits per heavy atom. The van der Waals surface area contributed by atoms with Crippen LogP contribution in [-0.4, -0.2) is 33.9 Å². The Kier molecular flexibility index (Phi) is 7.32. The molecular weight excluding hydrogens is 432 g/mol. The van der Waals surface area contributed by atoms with E-state index in [9.17, 15) is 18.0 Å². The van der Waals surface area contributed by atoms with Gasteiger partial charge in [0.15, 0.2) is 9.84 Å². The van der Waals surface area contributed by atoms with Crippen LogP contribution in [0.3, 0.4) is 0 Å². The second-order valence-corrected chi connectivity index (χ2v) is 9.24. The number of ether oxygens (including phenoxy) is 1. The first-order chi connectivity index (χ1) is 15.3. The molecule has 0 spiro atoms. The smallest absolute Gasteiger partial charge is 0.309 e. The standard InChI is InChI=1S/C23H24N2O6S/c1-16-8-10-19(11-9-16)32(28,29)21(20-7-4-12-31-20)15-25-23(27)22(26)24-14-17-5-3-6-18(13-17)30-2/h3-13,21H,14-15H2,1-2H3,(H,24,26)(H,25,27)/t21-/m0/s1. The first-order valence-corrected chi connectivity index (χ1v) is 11.4. The van der Waals surface area contributed by atoms with Crippen LogP contribution in [0.5, 0.6) is 5.75 Å². The number of aryl methyl sites for hydroxylation is 1. The van der Waals surface area contributed by atoms with Crippen molar-refractivity contribution in [2.24, 2.45) is 0 Å². The molecule has 168 valence electrons. The number of sulfone groups is 1. The molecule has 1 aromatic heterocycles. The van der Waals surface area contributed by atoms with Gasteiger partial charge in [-0.15, -0.1) is 0 Å². The predicted octanol–water partition coefficient (Wildman–Crippen LogP) is 2.54. The Labute approximate surface area is 186 Å². The fraction of sp³-hybridized carbons (Fsp3) is 0.217. The number of carbonyl (C=O) groups is 2. The van der Waals surface area contributed by atoms with E-state index >= 15 is 0 Å². The Morgan fingerprint density at radius 3 is 2.38 bits per heavy atom. The molecule has 0 aliphatic carbocycles. The molecule has 9 heteroatoms. The van der Waals surface area contributed by atoms with E-state index in [0.29, 0.717) is 5.75 Å². The zero-order valence-corrected chi connectivity index (χ0v) is 18.5. The van der Waals surface area contributed by atoms with Crippen LogP contribution in [0.15, 0.2) is 76.2 Å². The van der Waals surface area contributed by atoms with Crippen LogP contribution < -0.4 is 15.4 Å². The lowest BCUT2D eigenvalue weighted by atomic mass is 10.2. The van der Waals surface area contributed by atoms with Crippen molar-refractivity contribution in [1.82, 2.24) is 10.6 Å². The van der Waals surface area contributed by atoms with Crippen molar-refractivity contribution in [3.63, 3.8) is 0 Å². The van der Waals surface area contributed by atoms with Gasteiger partial charge in [0, 0.05) is 13.1 Å². The van der Waals surface area contributed by atoms with Gasteiger partial charge in [0.1, 0.15) is 16.8 Å². The number of benzene rings is 2. The molecule has 0 saturated heterocycles. The number of amides is 2. The number of methoxy groups -OCH3 is 1. The van der Waals surface area contributed by atoms with E-state index in [1.807, 2.05) is 6.92 Å². The summed E-state index contributed by atoms with van der Waals surface area (Å²) in [5.41, 5.74) is 1.67. The zero-order chi connectivity index (χ0) is 23.1. The van der Waals surface area contributed by atoms with Crippen molar-refractivity contribution >= 4 is 21.7 Å². The summed E-state index contributed by atoms with van der Waals surface area (Å²) in [5.74, 6) is -1.02. The molecule has 2 N–H and O–H groups in total. The zero-order valence-electron chi connectivity index (χ0n) is 17.7. The summed E-state index contributed by atoms with van der Waals surface area (Å²) in [7, 11) is -2.35. The van der Waals surface area contributed by atoms with Crippen molar-refractivity contribution in [3.8, 4) is 5.75 Å². The lowest BCUT2D eigenvalue weighted by Crippen LogP contribution is -2.42. The average Bonchev–Trinajstić information content (AvgIpc) is 3.32. The fourth-order valence-electron chi connectivity index (χ4n) is 3.04. The van der Waals surface area contributed by atoms with Crippen LogP contribution in [-0.2, 0) is 26.0 Å². The van der Waals surface area contributed by atoms with Gasteiger partial charge in [-0.3, -0.25) is 9.59 Å². The van der Waals surface area contributed by atoms with E-state index in [4.69, 9.17) is 9.15 Å². The maximum absolute atomic E-state index is 13.2. The highest BCUT2D eigenvalue weighted by Gasteiger charge is 2.32. The molecule has 0 fully saturated rings. The van der Waals surface area contributed by atoms with E-state index in [-0.39, 0.29) is 23.7 Å². The van der Waals surface area contributed by atoms with Crippen molar-refractivity contribution in [2.75, 3.05) is 13.7 Å². The Morgan fingerprint density at radius 1 is 1.00 bits per heavy atom. The minimum Gasteiger partial charge on any atom is -0.497 e. The van der Waals surface area contributed by atoms with Gasteiger partial charge in [-0.1, -0.05) is 29.8 Å². The Bertz CT molecular complexity index is 1170. The van der Waals surface area contributed by atoms with Crippen LogP contribution in [0, 0.1) is 6.92 Å². The van der Waals surface area contributed by atoms with Crippen molar-refractivity contribution < 1.29 is 27.2 Å². The average molecular weight is 457 g/mol. The van der Waals surface area contributed by atoms with Gasteiger partial charge in [-0.05, 0) is 48.9 Å². The quantitative estimate of drug-likeness (QED) is 0.504. The third kappa shape index (κ3) is 5.55. The number of furan rings is 1. The monoisotopic (exact) mass is 456 g/mol. The molecule has 0 aliphatic heterocycles. The summed E-state index contributed by atoms with van der Waals surface area (Å²) in [6, 6.07) is 16.5. The fourth-order valence-corrected chi connectivity index (χ4v) is 4.63. The molecule has 2 aromatic carbocycles. The van der Waals surface area contributed by atoms with E-state index in [1.165, 1.54) is 31.6 Å². The third-order valence-corrected chi connectivity index (χ3v) is 6.90. The highest BCUT2D eigenvalue weighted by molar-refractivity contribution is 7.91. The van der Waals surface area contributed by atoms with E-state index in [1.54, 1.807) is 42.5 Å². The van der Waals surface area contributed by atoms with E-state index in [0.717, 1.165) is 11.1 Å². The first-order valence-electron chi connectivity index (χ1n) is 9.84. The molecule has 8 nitrogen and oxygen atoms in total. The predicted molar refractivity (Wildman–Crippen MR) is 118 cm³/mol. The second kappa shape index (κ2) is 10.1. The van der Waals surface area contributed by atoms with Gasteiger partial charge in [0.25, 0.3) is 0 Å². The van der Waals surface area contributed by atoms with Crippen LogP contribution in [0.25, 0.3) is 0 Å². The Balaban J connectivity index is 1.67. The molecule has 0 aliphatic rings. The Hall–Kier alpha value is -3.59. The van der Waals surface area contributed by atoms with Crippen molar-refractivity contribution in [3.05, 3.63) is 83.8 Å². The molecule has 1 atom stereocenters. The van der Waals surface area contributed by atoms with Gasteiger partial charge in [0.05, 0.1) is 18.3 Å². The summed E-state index contributed by atoms with van der Waals surface area (Å²) in [5, 5.41) is 3.72. The van der Waals surface area contributed by atoms with Crippen LogP contribution in [0.2, 0.25) is 0 Å². The van der Waals surface area contributed by atoms with Gasteiger partial charge in [-0.25, -0.2) is 8.42 Å². The molecule has 3 rings (SSSR count). The number of carbonyl (C=O) groups excluding carboxylic acids is 2. The normalized spacial score (nSPS) is 12.1. The van der Waals surface area contributed by atoms with Gasteiger partial charge in [-0.2, -0.15) is 0 Å². The molecule has 0 bridgehead atoms. The lowest BCUT2D eigenvalue weighted by Gasteiger charge is -2.17. The highest BCUT2D eigenvalue weighted by atomic mass is 32.2.